The Morgan fingerprint density at radius 1 is 1.07 bits per heavy atom. The van der Waals surface area contributed by atoms with E-state index in [1.54, 1.807) is 24.3 Å². The Balaban J connectivity index is 1.64. The number of carbonyl (C=O) groups is 1. The highest BCUT2D eigenvalue weighted by molar-refractivity contribution is 6.02. The van der Waals surface area contributed by atoms with Crippen LogP contribution >= 0.6 is 0 Å². The third-order valence-corrected chi connectivity index (χ3v) is 4.55. The predicted molar refractivity (Wildman–Crippen MR) is 109 cm³/mol. The molecule has 152 valence electrons. The van der Waals surface area contributed by atoms with Gasteiger partial charge in [-0.25, -0.2) is 9.48 Å². The lowest BCUT2D eigenvalue weighted by molar-refractivity contribution is 0.0422. The lowest BCUT2D eigenvalue weighted by Gasteiger charge is -2.10. The number of benzene rings is 2. The summed E-state index contributed by atoms with van der Waals surface area (Å²) in [6.07, 6.45) is 1.58. The number of fused-ring (bicyclic) bond motifs is 1. The van der Waals surface area contributed by atoms with Crippen LogP contribution < -0.4 is 5.56 Å². The van der Waals surface area contributed by atoms with Crippen LogP contribution in [0.5, 0.6) is 0 Å². The fraction of sp³-hybridized carbons (Fsp3) is 0.227. The molecule has 8 nitrogen and oxygen atoms in total. The maximum atomic E-state index is 12.9. The van der Waals surface area contributed by atoms with E-state index in [9.17, 15) is 9.59 Å². The van der Waals surface area contributed by atoms with Crippen LogP contribution in [-0.4, -0.2) is 25.9 Å². The van der Waals surface area contributed by atoms with Crippen LogP contribution in [0.15, 0.2) is 63.9 Å². The Labute approximate surface area is 172 Å². The van der Waals surface area contributed by atoms with Crippen LogP contribution in [-0.2, 0) is 24.3 Å². The topological polar surface area (TPSA) is 100 Å². The normalized spacial score (nSPS) is 11.0. The molecule has 0 fully saturated rings. The molecule has 2 aromatic heterocycles. The van der Waals surface area contributed by atoms with E-state index in [-0.39, 0.29) is 30.3 Å². The van der Waals surface area contributed by atoms with Gasteiger partial charge in [0.05, 0.1) is 11.9 Å². The molecule has 0 saturated heterocycles. The van der Waals surface area contributed by atoms with Gasteiger partial charge in [0.2, 0.25) is 0 Å². The van der Waals surface area contributed by atoms with Gasteiger partial charge in [-0.1, -0.05) is 60.6 Å². The smallest absolute Gasteiger partial charge is 0.359 e. The first-order chi connectivity index (χ1) is 14.7. The van der Waals surface area contributed by atoms with Crippen molar-refractivity contribution in [3.63, 3.8) is 0 Å². The molecular formula is C22H20N4O4. The van der Waals surface area contributed by atoms with Gasteiger partial charge in [-0.05, 0) is 18.1 Å². The van der Waals surface area contributed by atoms with Crippen LogP contribution in [0, 0.1) is 0 Å². The van der Waals surface area contributed by atoms with Gasteiger partial charge in [0, 0.05) is 11.8 Å². The van der Waals surface area contributed by atoms with Gasteiger partial charge in [-0.15, -0.1) is 0 Å². The Hall–Kier alpha value is -3.81. The van der Waals surface area contributed by atoms with Crippen molar-refractivity contribution >= 4 is 16.7 Å². The van der Waals surface area contributed by atoms with E-state index >= 15 is 0 Å². The molecule has 0 N–H and O–H groups in total. The highest BCUT2D eigenvalue weighted by atomic mass is 16.6. The summed E-state index contributed by atoms with van der Waals surface area (Å²) in [6.45, 7) is 2.09. The van der Waals surface area contributed by atoms with Crippen LogP contribution in [0.2, 0.25) is 0 Å². The second-order valence-corrected chi connectivity index (χ2v) is 6.77. The summed E-state index contributed by atoms with van der Waals surface area (Å²) in [5.41, 5.74) is 0.692. The molecule has 0 aliphatic rings. The molecule has 4 aromatic rings. The lowest BCUT2D eigenvalue weighted by Crippen LogP contribution is -2.27. The van der Waals surface area contributed by atoms with Crippen molar-refractivity contribution in [2.24, 2.45) is 0 Å². The molecule has 0 unspecified atom stereocenters. The van der Waals surface area contributed by atoms with Crippen molar-refractivity contribution < 1.29 is 14.1 Å². The van der Waals surface area contributed by atoms with E-state index in [4.69, 9.17) is 9.26 Å². The van der Waals surface area contributed by atoms with Gasteiger partial charge in [-0.3, -0.25) is 4.79 Å². The SMILES string of the molecule is CCCc1noc(COC(=O)c2nn(Cc3ccccc3)c(=O)c3ccccc23)n1. The van der Waals surface area contributed by atoms with Gasteiger partial charge >= 0.3 is 5.97 Å². The Morgan fingerprint density at radius 3 is 2.57 bits per heavy atom. The molecule has 0 radical (unpaired) electrons. The third kappa shape index (κ3) is 4.12. The van der Waals surface area contributed by atoms with E-state index in [0.29, 0.717) is 23.0 Å². The Kier molecular flexibility index (Phi) is 5.65. The van der Waals surface area contributed by atoms with Gasteiger partial charge in [0.1, 0.15) is 0 Å². The van der Waals surface area contributed by atoms with E-state index < -0.39 is 5.97 Å². The third-order valence-electron chi connectivity index (χ3n) is 4.55. The van der Waals surface area contributed by atoms with Gasteiger partial charge in [-0.2, -0.15) is 10.1 Å². The van der Waals surface area contributed by atoms with Crippen molar-refractivity contribution in [2.75, 3.05) is 0 Å². The molecule has 0 saturated carbocycles. The van der Waals surface area contributed by atoms with Crippen LogP contribution in [0.4, 0.5) is 0 Å². The first-order valence-electron chi connectivity index (χ1n) is 9.68. The molecule has 0 amide bonds. The predicted octanol–water partition coefficient (Wildman–Crippen LogP) is 3.14. The number of aromatic nitrogens is 4. The second-order valence-electron chi connectivity index (χ2n) is 6.77. The van der Waals surface area contributed by atoms with Gasteiger partial charge in [0.15, 0.2) is 18.1 Å². The number of carbonyl (C=O) groups excluding carboxylic acids is 1. The summed E-state index contributed by atoms with van der Waals surface area (Å²) in [7, 11) is 0. The van der Waals surface area contributed by atoms with Crippen molar-refractivity contribution in [2.45, 2.75) is 32.9 Å². The summed E-state index contributed by atoms with van der Waals surface area (Å²) in [5.74, 6) is 0.125. The summed E-state index contributed by atoms with van der Waals surface area (Å²) in [5, 5.41) is 8.99. The average molecular weight is 404 g/mol. The molecule has 0 bridgehead atoms. The quantitative estimate of drug-likeness (QED) is 0.436. The standard InChI is InChI=1S/C22H20N4O4/c1-2-8-18-23-19(30-25-18)14-29-22(28)20-16-11-6-7-12-17(16)21(27)26(24-20)13-15-9-4-3-5-10-15/h3-7,9-12H,2,8,13-14H2,1H3. The molecule has 0 atom stereocenters. The maximum Gasteiger partial charge on any atom is 0.359 e. The Morgan fingerprint density at radius 2 is 1.80 bits per heavy atom. The summed E-state index contributed by atoms with van der Waals surface area (Å²) in [6, 6.07) is 16.3. The van der Waals surface area contributed by atoms with Crippen molar-refractivity contribution in [3.8, 4) is 0 Å². The van der Waals surface area contributed by atoms with E-state index in [1.165, 1.54) is 4.68 Å². The van der Waals surface area contributed by atoms with Crippen LogP contribution in [0.1, 0.15) is 41.1 Å². The maximum absolute atomic E-state index is 12.9. The van der Waals surface area contributed by atoms with Crippen LogP contribution in [0.25, 0.3) is 10.8 Å². The largest absolute Gasteiger partial charge is 0.451 e. The molecule has 0 aliphatic heterocycles. The fourth-order valence-corrected chi connectivity index (χ4v) is 3.12. The van der Waals surface area contributed by atoms with E-state index in [0.717, 1.165) is 12.0 Å². The fourth-order valence-electron chi connectivity index (χ4n) is 3.12. The minimum atomic E-state index is -0.664. The average Bonchev–Trinajstić information content (AvgIpc) is 3.22. The molecule has 0 spiro atoms. The summed E-state index contributed by atoms with van der Waals surface area (Å²) in [4.78, 5) is 29.8. The molecule has 2 aromatic carbocycles. The number of nitrogens with zero attached hydrogens (tertiary/aromatic N) is 4. The highest BCUT2D eigenvalue weighted by Crippen LogP contribution is 2.15. The number of aryl methyl sites for hydroxylation is 1. The number of ether oxygens (including phenoxy) is 1. The first kappa shape index (κ1) is 19.5. The number of rotatable bonds is 7. The summed E-state index contributed by atoms with van der Waals surface area (Å²) < 4.78 is 11.7. The Bertz CT molecular complexity index is 1230. The summed E-state index contributed by atoms with van der Waals surface area (Å²) >= 11 is 0. The minimum Gasteiger partial charge on any atom is -0.451 e. The van der Waals surface area contributed by atoms with Crippen LogP contribution in [0.3, 0.4) is 0 Å². The molecule has 2 heterocycles. The number of hydrogen-bond acceptors (Lipinski definition) is 7. The lowest BCUT2D eigenvalue weighted by atomic mass is 10.1. The van der Waals surface area contributed by atoms with Crippen molar-refractivity contribution in [1.29, 1.82) is 0 Å². The first-order valence-corrected chi connectivity index (χ1v) is 9.68. The van der Waals surface area contributed by atoms with Gasteiger partial charge in [0.25, 0.3) is 11.4 Å². The van der Waals surface area contributed by atoms with E-state index in [1.807, 2.05) is 37.3 Å². The number of esters is 1. The zero-order valence-electron chi connectivity index (χ0n) is 16.4. The number of hydrogen-bond donors (Lipinski definition) is 0. The molecule has 8 heteroatoms. The molecular weight excluding hydrogens is 384 g/mol. The monoisotopic (exact) mass is 404 g/mol. The minimum absolute atomic E-state index is 0.0643. The van der Waals surface area contributed by atoms with Crippen molar-refractivity contribution in [1.82, 2.24) is 19.9 Å². The zero-order valence-corrected chi connectivity index (χ0v) is 16.4. The molecule has 4 rings (SSSR count). The zero-order chi connectivity index (χ0) is 20.9. The van der Waals surface area contributed by atoms with Crippen molar-refractivity contribution in [3.05, 3.63) is 87.9 Å². The molecule has 30 heavy (non-hydrogen) atoms. The second kappa shape index (κ2) is 8.69. The highest BCUT2D eigenvalue weighted by Gasteiger charge is 2.19. The van der Waals surface area contributed by atoms with Gasteiger partial charge < -0.3 is 9.26 Å². The molecule has 0 aliphatic carbocycles. The van der Waals surface area contributed by atoms with E-state index in [2.05, 4.69) is 15.2 Å².